The molecule has 0 aromatic heterocycles. The molecule has 0 aliphatic rings. The zero-order chi connectivity index (χ0) is 13.9. The highest BCUT2D eigenvalue weighted by Crippen LogP contribution is 2.39. The first-order valence-electron chi connectivity index (χ1n) is 5.88. The van der Waals surface area contributed by atoms with Crippen LogP contribution in [0.5, 0.6) is 0 Å². The van der Waals surface area contributed by atoms with E-state index < -0.39 is 11.7 Å². The molecule has 0 bridgehead atoms. The van der Waals surface area contributed by atoms with E-state index in [1.165, 1.54) is 12.1 Å². The van der Waals surface area contributed by atoms with Crippen LogP contribution in [-0.2, 0) is 12.0 Å². The van der Waals surface area contributed by atoms with E-state index in [0.29, 0.717) is 5.56 Å². The van der Waals surface area contributed by atoms with E-state index in [0.717, 1.165) is 0 Å². The highest BCUT2D eigenvalue weighted by atomic mass is 19.4. The molecule has 2 N–H and O–H groups in total. The van der Waals surface area contributed by atoms with Crippen molar-refractivity contribution in [3.8, 4) is 0 Å². The predicted molar refractivity (Wildman–Crippen MR) is 68.5 cm³/mol. The fourth-order valence-electron chi connectivity index (χ4n) is 2.02. The topological polar surface area (TPSA) is 26.0 Å². The molecule has 2 aromatic rings. The summed E-state index contributed by atoms with van der Waals surface area (Å²) < 4.78 is 40.1. The summed E-state index contributed by atoms with van der Waals surface area (Å²) in [6, 6.07) is 16.1. The van der Waals surface area contributed by atoms with Gasteiger partial charge >= 0.3 is 6.18 Å². The van der Waals surface area contributed by atoms with Crippen LogP contribution in [0.1, 0.15) is 11.1 Å². The summed E-state index contributed by atoms with van der Waals surface area (Å²) in [5.41, 5.74) is 3.97. The molecule has 0 heterocycles. The summed E-state index contributed by atoms with van der Waals surface area (Å²) in [4.78, 5) is 0. The van der Waals surface area contributed by atoms with Crippen LogP contribution in [0.3, 0.4) is 0 Å². The lowest BCUT2D eigenvalue weighted by atomic mass is 9.84. The number of alkyl halides is 3. The van der Waals surface area contributed by atoms with Crippen LogP contribution < -0.4 is 5.73 Å². The Hall–Kier alpha value is -1.81. The molecule has 0 amide bonds. The zero-order valence-electron chi connectivity index (χ0n) is 10.2. The largest absolute Gasteiger partial charge is 0.410 e. The molecule has 0 saturated heterocycles. The number of nitrogens with two attached hydrogens (primary N) is 1. The summed E-state index contributed by atoms with van der Waals surface area (Å²) in [7, 11) is 0. The van der Waals surface area contributed by atoms with Crippen molar-refractivity contribution < 1.29 is 13.2 Å². The fourth-order valence-corrected chi connectivity index (χ4v) is 2.02. The quantitative estimate of drug-likeness (QED) is 0.900. The highest BCUT2D eigenvalue weighted by molar-refractivity contribution is 5.30. The SMILES string of the molecule is NC(Cc1ccccc1)(c1ccccc1)C(F)(F)F. The molecule has 0 aliphatic heterocycles. The normalized spacial score (nSPS) is 14.9. The third-order valence-corrected chi connectivity index (χ3v) is 3.12. The van der Waals surface area contributed by atoms with Gasteiger partial charge in [0.05, 0.1) is 0 Å². The van der Waals surface area contributed by atoms with E-state index >= 15 is 0 Å². The van der Waals surface area contributed by atoms with E-state index in [2.05, 4.69) is 0 Å². The van der Waals surface area contributed by atoms with Gasteiger partial charge in [-0.3, -0.25) is 0 Å². The molecule has 1 nitrogen and oxygen atoms in total. The number of hydrogen-bond donors (Lipinski definition) is 1. The smallest absolute Gasteiger partial charge is 0.314 e. The molecule has 2 rings (SSSR count). The van der Waals surface area contributed by atoms with Gasteiger partial charge in [0.1, 0.15) is 5.54 Å². The van der Waals surface area contributed by atoms with Gasteiger partial charge < -0.3 is 5.73 Å². The Labute approximate surface area is 109 Å². The van der Waals surface area contributed by atoms with Crippen molar-refractivity contribution in [1.29, 1.82) is 0 Å². The third kappa shape index (κ3) is 2.79. The first-order chi connectivity index (χ1) is 8.93. The van der Waals surface area contributed by atoms with Gasteiger partial charge in [0, 0.05) is 6.42 Å². The standard InChI is InChI=1S/C15H14F3N/c16-15(17,18)14(19,13-9-5-2-6-10-13)11-12-7-3-1-4-8-12/h1-10H,11,19H2. The van der Waals surface area contributed by atoms with Crippen molar-refractivity contribution in [2.45, 2.75) is 18.1 Å². The molecule has 19 heavy (non-hydrogen) atoms. The van der Waals surface area contributed by atoms with Crippen molar-refractivity contribution in [2.75, 3.05) is 0 Å². The van der Waals surface area contributed by atoms with Gasteiger partial charge in [-0.15, -0.1) is 0 Å². The van der Waals surface area contributed by atoms with Crippen molar-refractivity contribution in [3.05, 3.63) is 71.8 Å². The van der Waals surface area contributed by atoms with Gasteiger partial charge in [-0.1, -0.05) is 60.7 Å². The highest BCUT2D eigenvalue weighted by Gasteiger charge is 2.52. The van der Waals surface area contributed by atoms with Gasteiger partial charge in [-0.05, 0) is 11.1 Å². The van der Waals surface area contributed by atoms with E-state index in [1.807, 2.05) is 0 Å². The lowest BCUT2D eigenvalue weighted by Gasteiger charge is -2.32. The molecule has 2 aromatic carbocycles. The Balaban J connectivity index is 2.42. The Morgan fingerprint density at radius 1 is 0.789 bits per heavy atom. The van der Waals surface area contributed by atoms with Crippen LogP contribution in [0.15, 0.2) is 60.7 Å². The van der Waals surface area contributed by atoms with Crippen molar-refractivity contribution in [3.63, 3.8) is 0 Å². The minimum atomic E-state index is -4.51. The minimum absolute atomic E-state index is 0.0753. The summed E-state index contributed by atoms with van der Waals surface area (Å²) in [6.07, 6.45) is -4.79. The Morgan fingerprint density at radius 3 is 1.74 bits per heavy atom. The van der Waals surface area contributed by atoms with E-state index in [4.69, 9.17) is 5.73 Å². The van der Waals surface area contributed by atoms with Gasteiger partial charge in [0.15, 0.2) is 0 Å². The molecule has 0 saturated carbocycles. The first kappa shape index (κ1) is 13.6. The van der Waals surface area contributed by atoms with Crippen LogP contribution >= 0.6 is 0 Å². The minimum Gasteiger partial charge on any atom is -0.314 e. The van der Waals surface area contributed by atoms with Crippen molar-refractivity contribution in [2.24, 2.45) is 5.73 Å². The second kappa shape index (κ2) is 5.05. The Morgan fingerprint density at radius 2 is 1.26 bits per heavy atom. The molecule has 0 spiro atoms. The number of hydrogen-bond acceptors (Lipinski definition) is 1. The van der Waals surface area contributed by atoms with Gasteiger partial charge in [-0.25, -0.2) is 0 Å². The van der Waals surface area contributed by atoms with Crippen LogP contribution in [0, 0.1) is 0 Å². The molecule has 0 aliphatic carbocycles. The second-order valence-corrected chi connectivity index (χ2v) is 4.50. The summed E-state index contributed by atoms with van der Waals surface area (Å²) in [5, 5.41) is 0. The molecule has 100 valence electrons. The van der Waals surface area contributed by atoms with Crippen molar-refractivity contribution >= 4 is 0 Å². The lowest BCUT2D eigenvalue weighted by molar-refractivity contribution is -0.189. The van der Waals surface area contributed by atoms with E-state index in [1.54, 1.807) is 48.5 Å². The second-order valence-electron chi connectivity index (χ2n) is 4.50. The maximum atomic E-state index is 13.4. The Bertz CT molecular complexity index is 522. The van der Waals surface area contributed by atoms with Gasteiger partial charge in [0.25, 0.3) is 0 Å². The first-order valence-corrected chi connectivity index (χ1v) is 5.88. The molecule has 1 atom stereocenters. The predicted octanol–water partition coefficient (Wildman–Crippen LogP) is 3.65. The van der Waals surface area contributed by atoms with Crippen LogP contribution in [0.25, 0.3) is 0 Å². The number of benzene rings is 2. The molecular weight excluding hydrogens is 251 g/mol. The lowest BCUT2D eigenvalue weighted by Crippen LogP contribution is -2.52. The van der Waals surface area contributed by atoms with E-state index in [9.17, 15) is 13.2 Å². The van der Waals surface area contributed by atoms with Crippen LogP contribution in [0.4, 0.5) is 13.2 Å². The Kier molecular flexibility index (Phi) is 3.62. The van der Waals surface area contributed by atoms with Crippen LogP contribution in [-0.4, -0.2) is 6.18 Å². The number of rotatable bonds is 3. The monoisotopic (exact) mass is 265 g/mol. The third-order valence-electron chi connectivity index (χ3n) is 3.12. The zero-order valence-corrected chi connectivity index (χ0v) is 10.2. The summed E-state index contributed by atoms with van der Waals surface area (Å²) in [5.74, 6) is 0. The summed E-state index contributed by atoms with van der Waals surface area (Å²) in [6.45, 7) is 0. The average Bonchev–Trinajstić information content (AvgIpc) is 2.39. The molecule has 0 radical (unpaired) electrons. The van der Waals surface area contributed by atoms with Crippen molar-refractivity contribution in [1.82, 2.24) is 0 Å². The summed E-state index contributed by atoms with van der Waals surface area (Å²) >= 11 is 0. The fraction of sp³-hybridized carbons (Fsp3) is 0.200. The molecule has 4 heteroatoms. The average molecular weight is 265 g/mol. The molecule has 0 fully saturated rings. The maximum absolute atomic E-state index is 13.4. The van der Waals surface area contributed by atoms with E-state index in [-0.39, 0.29) is 12.0 Å². The van der Waals surface area contributed by atoms with Gasteiger partial charge in [0.2, 0.25) is 0 Å². The molecule has 1 unspecified atom stereocenters. The number of halogens is 3. The van der Waals surface area contributed by atoms with Crippen LogP contribution in [0.2, 0.25) is 0 Å². The maximum Gasteiger partial charge on any atom is 0.410 e. The van der Waals surface area contributed by atoms with Gasteiger partial charge in [-0.2, -0.15) is 13.2 Å². The molecular formula is C15H14F3N.